The van der Waals surface area contributed by atoms with Crippen LogP contribution in [0, 0.1) is 0 Å². The van der Waals surface area contributed by atoms with Crippen molar-refractivity contribution in [2.75, 3.05) is 26.2 Å². The van der Waals surface area contributed by atoms with Gasteiger partial charge in [-0.05, 0) is 55.5 Å². The normalized spacial score (nSPS) is 15.6. The fourth-order valence-corrected chi connectivity index (χ4v) is 5.51. The van der Waals surface area contributed by atoms with Gasteiger partial charge >= 0.3 is 0 Å². The molecule has 0 unspecified atom stereocenters. The summed E-state index contributed by atoms with van der Waals surface area (Å²) in [6.45, 7) is 3.41. The summed E-state index contributed by atoms with van der Waals surface area (Å²) in [6.07, 6.45) is 2.21. The highest BCUT2D eigenvalue weighted by Gasteiger charge is 2.25. The number of nitrogens with one attached hydrogen (secondary N) is 1. The second-order valence-electron chi connectivity index (χ2n) is 8.31. The molecule has 4 rings (SSSR count). The van der Waals surface area contributed by atoms with Gasteiger partial charge in [0.2, 0.25) is 10.0 Å². The van der Waals surface area contributed by atoms with Gasteiger partial charge in [-0.3, -0.25) is 4.79 Å². The van der Waals surface area contributed by atoms with E-state index in [4.69, 9.17) is 9.47 Å². The zero-order valence-corrected chi connectivity index (χ0v) is 20.1. The maximum absolute atomic E-state index is 12.7. The van der Waals surface area contributed by atoms with E-state index in [0.29, 0.717) is 31.1 Å². The fourth-order valence-electron chi connectivity index (χ4n) is 3.99. The summed E-state index contributed by atoms with van der Waals surface area (Å²) in [7, 11) is -3.46. The number of sulfonamides is 1. The maximum atomic E-state index is 12.7. The summed E-state index contributed by atoms with van der Waals surface area (Å²) in [4.78, 5) is 12.7. The first kappa shape index (κ1) is 24.0. The van der Waals surface area contributed by atoms with E-state index in [1.165, 1.54) is 0 Å². The number of nitrogens with zero attached hydrogens (tertiary/aromatic N) is 1. The minimum atomic E-state index is -3.46. The van der Waals surface area contributed by atoms with Crippen LogP contribution in [0.3, 0.4) is 0 Å². The molecule has 3 aromatic rings. The van der Waals surface area contributed by atoms with E-state index in [-0.39, 0.29) is 17.4 Å². The van der Waals surface area contributed by atoms with Crippen LogP contribution in [0.4, 0.5) is 0 Å². The number of ether oxygens (including phenoxy) is 2. The second kappa shape index (κ2) is 10.9. The molecular formula is C26H30N2O5S. The SMILES string of the molecule is C[C@H](Oc1cccc2ccccc12)C(=O)NCCOc1ccc(S(=O)(=O)N2CCCCC2)cc1. The van der Waals surface area contributed by atoms with Gasteiger partial charge in [-0.2, -0.15) is 4.31 Å². The van der Waals surface area contributed by atoms with Gasteiger partial charge in [-0.1, -0.05) is 42.8 Å². The lowest BCUT2D eigenvalue weighted by Gasteiger charge is -2.25. The lowest BCUT2D eigenvalue weighted by molar-refractivity contribution is -0.127. The molecule has 1 aliphatic heterocycles. The highest BCUT2D eigenvalue weighted by atomic mass is 32.2. The number of carbonyl (C=O) groups excluding carboxylic acids is 1. The predicted octanol–water partition coefficient (Wildman–Crippen LogP) is 3.98. The Hall–Kier alpha value is -3.10. The summed E-state index contributed by atoms with van der Waals surface area (Å²) in [5, 5.41) is 4.82. The summed E-state index contributed by atoms with van der Waals surface area (Å²) in [5.41, 5.74) is 0. The molecule has 1 N–H and O–H groups in total. The Balaban J connectivity index is 1.24. The Labute approximate surface area is 200 Å². The molecule has 34 heavy (non-hydrogen) atoms. The summed E-state index contributed by atoms with van der Waals surface area (Å²) in [6, 6.07) is 20.0. The van der Waals surface area contributed by atoms with Crippen molar-refractivity contribution in [2.24, 2.45) is 0 Å². The van der Waals surface area contributed by atoms with Crippen molar-refractivity contribution in [3.05, 3.63) is 66.7 Å². The summed E-state index contributed by atoms with van der Waals surface area (Å²) < 4.78 is 38.5. The number of hydrogen-bond acceptors (Lipinski definition) is 5. The predicted molar refractivity (Wildman–Crippen MR) is 132 cm³/mol. The minimum absolute atomic E-state index is 0.237. The number of benzene rings is 3. The molecular weight excluding hydrogens is 452 g/mol. The van der Waals surface area contributed by atoms with Crippen LogP contribution < -0.4 is 14.8 Å². The van der Waals surface area contributed by atoms with Crippen LogP contribution in [0.1, 0.15) is 26.2 Å². The molecule has 180 valence electrons. The fraction of sp³-hybridized carbons (Fsp3) is 0.346. The molecule has 7 nitrogen and oxygen atoms in total. The lowest BCUT2D eigenvalue weighted by Crippen LogP contribution is -2.38. The van der Waals surface area contributed by atoms with Gasteiger partial charge in [0.05, 0.1) is 11.4 Å². The molecule has 8 heteroatoms. The van der Waals surface area contributed by atoms with Crippen molar-refractivity contribution in [3.63, 3.8) is 0 Å². The van der Waals surface area contributed by atoms with Gasteiger partial charge in [0.1, 0.15) is 18.1 Å². The topological polar surface area (TPSA) is 84.9 Å². The van der Waals surface area contributed by atoms with Gasteiger partial charge in [0.15, 0.2) is 6.10 Å². The van der Waals surface area contributed by atoms with E-state index >= 15 is 0 Å². The van der Waals surface area contributed by atoms with E-state index in [0.717, 1.165) is 30.0 Å². The Morgan fingerprint density at radius 2 is 1.68 bits per heavy atom. The van der Waals surface area contributed by atoms with Crippen LogP contribution in [-0.2, 0) is 14.8 Å². The van der Waals surface area contributed by atoms with Crippen LogP contribution in [0.2, 0.25) is 0 Å². The third kappa shape index (κ3) is 5.69. The number of piperidine rings is 1. The highest BCUT2D eigenvalue weighted by Crippen LogP contribution is 2.26. The van der Waals surface area contributed by atoms with Crippen molar-refractivity contribution in [1.82, 2.24) is 9.62 Å². The lowest BCUT2D eigenvalue weighted by atomic mass is 10.1. The van der Waals surface area contributed by atoms with Gasteiger partial charge in [-0.25, -0.2) is 8.42 Å². The Bertz CT molecular complexity index is 1220. The molecule has 3 aromatic carbocycles. The molecule has 0 aliphatic carbocycles. The van der Waals surface area contributed by atoms with Gasteiger partial charge in [-0.15, -0.1) is 0 Å². The first-order chi connectivity index (χ1) is 16.4. The Kier molecular flexibility index (Phi) is 7.70. The number of hydrogen-bond donors (Lipinski definition) is 1. The molecule has 0 spiro atoms. The highest BCUT2D eigenvalue weighted by molar-refractivity contribution is 7.89. The van der Waals surface area contributed by atoms with E-state index in [9.17, 15) is 13.2 Å². The third-order valence-electron chi connectivity index (χ3n) is 5.87. The molecule has 1 fully saturated rings. The van der Waals surface area contributed by atoms with Crippen LogP contribution in [0.25, 0.3) is 10.8 Å². The zero-order chi connectivity index (χ0) is 24.0. The third-order valence-corrected chi connectivity index (χ3v) is 7.78. The van der Waals surface area contributed by atoms with Crippen LogP contribution in [0.5, 0.6) is 11.5 Å². The van der Waals surface area contributed by atoms with Gasteiger partial charge < -0.3 is 14.8 Å². The molecule has 0 bridgehead atoms. The first-order valence-electron chi connectivity index (χ1n) is 11.6. The van der Waals surface area contributed by atoms with Crippen molar-refractivity contribution in [3.8, 4) is 11.5 Å². The number of rotatable bonds is 9. The molecule has 1 atom stereocenters. The minimum Gasteiger partial charge on any atom is -0.492 e. The number of carbonyl (C=O) groups is 1. The maximum Gasteiger partial charge on any atom is 0.260 e. The van der Waals surface area contributed by atoms with Crippen LogP contribution in [-0.4, -0.2) is 51.0 Å². The molecule has 0 radical (unpaired) electrons. The van der Waals surface area contributed by atoms with Crippen molar-refractivity contribution >= 4 is 26.7 Å². The average molecular weight is 483 g/mol. The number of amides is 1. The largest absolute Gasteiger partial charge is 0.492 e. The molecule has 1 saturated heterocycles. The van der Waals surface area contributed by atoms with E-state index in [1.54, 1.807) is 35.5 Å². The van der Waals surface area contributed by atoms with Gasteiger partial charge in [0.25, 0.3) is 5.91 Å². The summed E-state index contributed by atoms with van der Waals surface area (Å²) in [5.74, 6) is 0.975. The Morgan fingerprint density at radius 1 is 0.971 bits per heavy atom. The molecule has 1 amide bonds. The van der Waals surface area contributed by atoms with Crippen molar-refractivity contribution < 1.29 is 22.7 Å². The van der Waals surface area contributed by atoms with Crippen molar-refractivity contribution in [1.29, 1.82) is 0 Å². The zero-order valence-electron chi connectivity index (χ0n) is 19.3. The van der Waals surface area contributed by atoms with E-state index in [1.807, 2.05) is 42.5 Å². The smallest absolute Gasteiger partial charge is 0.260 e. The van der Waals surface area contributed by atoms with Crippen molar-refractivity contribution in [2.45, 2.75) is 37.2 Å². The quantitative estimate of drug-likeness (QED) is 0.467. The molecule has 0 saturated carbocycles. The van der Waals surface area contributed by atoms with E-state index < -0.39 is 16.1 Å². The van der Waals surface area contributed by atoms with Crippen LogP contribution in [0.15, 0.2) is 71.6 Å². The van der Waals surface area contributed by atoms with Gasteiger partial charge in [0, 0.05) is 18.5 Å². The van der Waals surface area contributed by atoms with E-state index in [2.05, 4.69) is 5.32 Å². The molecule has 0 aromatic heterocycles. The first-order valence-corrected chi connectivity index (χ1v) is 13.0. The second-order valence-corrected chi connectivity index (χ2v) is 10.3. The average Bonchev–Trinajstić information content (AvgIpc) is 2.87. The monoisotopic (exact) mass is 482 g/mol. The molecule has 1 heterocycles. The Morgan fingerprint density at radius 3 is 2.44 bits per heavy atom. The standard InChI is InChI=1S/C26H30N2O5S/c1-20(33-25-11-7-9-21-8-3-4-10-24(21)25)26(29)27-16-19-32-22-12-14-23(15-13-22)34(30,31)28-17-5-2-6-18-28/h3-4,7-15,20H,2,5-6,16-19H2,1H3,(H,27,29)/t20-/m0/s1. The summed E-state index contributed by atoms with van der Waals surface area (Å²) >= 11 is 0. The number of fused-ring (bicyclic) bond motifs is 1. The molecule has 1 aliphatic rings. The van der Waals surface area contributed by atoms with Crippen LogP contribution >= 0.6 is 0 Å².